The van der Waals surface area contributed by atoms with E-state index in [9.17, 15) is 23.1 Å². The first kappa shape index (κ1) is 24.5. The number of methoxy groups -OCH3 is 2. The van der Waals surface area contributed by atoms with Gasteiger partial charge in [-0.05, 0) is 48.0 Å². The van der Waals surface area contributed by atoms with E-state index in [0.717, 1.165) is 12.1 Å². The Morgan fingerprint density at radius 1 is 0.941 bits per heavy atom. The Morgan fingerprint density at radius 3 is 2.24 bits per heavy atom. The molecule has 0 saturated carbocycles. The largest absolute Gasteiger partial charge is 0.493 e. The molecule has 0 unspecified atom stereocenters. The summed E-state index contributed by atoms with van der Waals surface area (Å²) in [5.74, 6) is 0.278. The maximum atomic E-state index is 12.6. The number of carbonyl (C=O) groups is 1. The van der Waals surface area contributed by atoms with Gasteiger partial charge in [0.1, 0.15) is 18.1 Å². The molecule has 0 fully saturated rings. The molecule has 34 heavy (non-hydrogen) atoms. The van der Waals surface area contributed by atoms with E-state index in [2.05, 4.69) is 0 Å². The van der Waals surface area contributed by atoms with Gasteiger partial charge in [0.05, 0.1) is 25.3 Å². The molecule has 9 heteroatoms. The van der Waals surface area contributed by atoms with Crippen molar-refractivity contribution in [1.29, 1.82) is 0 Å². The van der Waals surface area contributed by atoms with E-state index in [4.69, 9.17) is 18.9 Å². The molecule has 3 rings (SSSR count). The molecule has 0 heterocycles. The fourth-order valence-electron chi connectivity index (χ4n) is 2.99. The lowest BCUT2D eigenvalue weighted by Crippen LogP contribution is -2.03. The Hall–Kier alpha value is -4.14. The molecule has 0 aromatic heterocycles. The van der Waals surface area contributed by atoms with Gasteiger partial charge in [-0.2, -0.15) is 13.2 Å². The summed E-state index contributed by atoms with van der Waals surface area (Å²) in [7, 11) is 2.80. The second kappa shape index (κ2) is 10.7. The highest BCUT2D eigenvalue weighted by Crippen LogP contribution is 2.41. The van der Waals surface area contributed by atoms with Crippen molar-refractivity contribution in [2.45, 2.75) is 6.18 Å². The fourth-order valence-corrected chi connectivity index (χ4v) is 2.99. The SMILES string of the molecule is COc1cc(C(=O)O)cc(Oc2cccc(OC/C=C/c3ccc(C(F)(F)F)cc3)c2)c1OC. The molecule has 0 amide bonds. The second-order valence-electron chi connectivity index (χ2n) is 6.93. The lowest BCUT2D eigenvalue weighted by molar-refractivity contribution is -0.137. The minimum atomic E-state index is -4.37. The number of rotatable bonds is 9. The lowest BCUT2D eigenvalue weighted by atomic mass is 10.1. The molecule has 3 aromatic rings. The van der Waals surface area contributed by atoms with Gasteiger partial charge in [0.2, 0.25) is 5.75 Å². The van der Waals surface area contributed by atoms with Gasteiger partial charge in [-0.15, -0.1) is 0 Å². The number of hydrogen-bond acceptors (Lipinski definition) is 5. The van der Waals surface area contributed by atoms with Crippen molar-refractivity contribution in [3.63, 3.8) is 0 Å². The van der Waals surface area contributed by atoms with Crippen LogP contribution in [0.2, 0.25) is 0 Å². The predicted octanol–water partition coefficient (Wildman–Crippen LogP) is 6.31. The van der Waals surface area contributed by atoms with E-state index in [-0.39, 0.29) is 29.4 Å². The van der Waals surface area contributed by atoms with Crippen molar-refractivity contribution in [2.75, 3.05) is 20.8 Å². The van der Waals surface area contributed by atoms with Crippen LogP contribution in [0.1, 0.15) is 21.5 Å². The smallest absolute Gasteiger partial charge is 0.416 e. The molecule has 0 aliphatic heterocycles. The quantitative estimate of drug-likeness (QED) is 0.392. The summed E-state index contributed by atoms with van der Waals surface area (Å²) < 4.78 is 59.9. The Morgan fingerprint density at radius 2 is 1.62 bits per heavy atom. The van der Waals surface area contributed by atoms with Crippen LogP contribution in [0, 0.1) is 0 Å². The first-order valence-corrected chi connectivity index (χ1v) is 9.95. The number of hydrogen-bond donors (Lipinski definition) is 1. The molecule has 3 aromatic carbocycles. The van der Waals surface area contributed by atoms with Crippen LogP contribution in [0.15, 0.2) is 66.7 Å². The minimum Gasteiger partial charge on any atom is -0.493 e. The summed E-state index contributed by atoms with van der Waals surface area (Å²) in [5, 5.41) is 9.33. The maximum absolute atomic E-state index is 12.6. The number of aromatic carboxylic acids is 1. The predicted molar refractivity (Wildman–Crippen MR) is 119 cm³/mol. The molecular formula is C25H21F3O6. The Labute approximate surface area is 193 Å². The molecule has 0 saturated heterocycles. The third-order valence-corrected chi connectivity index (χ3v) is 4.62. The highest BCUT2D eigenvalue weighted by atomic mass is 19.4. The van der Waals surface area contributed by atoms with Crippen molar-refractivity contribution >= 4 is 12.0 Å². The molecule has 0 radical (unpaired) electrons. The van der Waals surface area contributed by atoms with Crippen LogP contribution in [0.5, 0.6) is 28.7 Å². The van der Waals surface area contributed by atoms with Crippen molar-refractivity contribution in [3.05, 3.63) is 83.4 Å². The summed E-state index contributed by atoms with van der Waals surface area (Å²) in [6, 6.07) is 14.1. The standard InChI is InChI=1S/C25H21F3O6/c1-31-21-13-17(24(29)30)14-22(23(21)32-2)34-20-7-3-6-19(15-20)33-12-4-5-16-8-10-18(11-9-16)25(26,27)28/h3-11,13-15H,12H2,1-2H3,(H,29,30)/b5-4+. The van der Waals surface area contributed by atoms with Crippen LogP contribution in [-0.4, -0.2) is 31.9 Å². The van der Waals surface area contributed by atoms with E-state index in [1.807, 2.05) is 0 Å². The fraction of sp³-hybridized carbons (Fsp3) is 0.160. The molecule has 0 aliphatic rings. The number of alkyl halides is 3. The first-order valence-electron chi connectivity index (χ1n) is 9.95. The van der Waals surface area contributed by atoms with Crippen LogP contribution >= 0.6 is 0 Å². The van der Waals surface area contributed by atoms with E-state index >= 15 is 0 Å². The molecule has 1 N–H and O–H groups in total. The summed E-state index contributed by atoms with van der Waals surface area (Å²) in [6.07, 6.45) is -1.06. The van der Waals surface area contributed by atoms with Crippen LogP contribution in [0.3, 0.4) is 0 Å². The number of halogens is 3. The second-order valence-corrected chi connectivity index (χ2v) is 6.93. The van der Waals surface area contributed by atoms with Gasteiger partial charge in [0.25, 0.3) is 0 Å². The van der Waals surface area contributed by atoms with E-state index in [1.54, 1.807) is 36.4 Å². The van der Waals surface area contributed by atoms with Gasteiger partial charge >= 0.3 is 12.1 Å². The van der Waals surface area contributed by atoms with E-state index < -0.39 is 17.7 Å². The molecule has 0 spiro atoms. The number of ether oxygens (including phenoxy) is 4. The Kier molecular flexibility index (Phi) is 7.68. The molecule has 0 aliphatic carbocycles. The first-order chi connectivity index (χ1) is 16.2. The highest BCUT2D eigenvalue weighted by Gasteiger charge is 2.29. The normalized spacial score (nSPS) is 11.3. The Bertz CT molecular complexity index is 1170. The average molecular weight is 474 g/mol. The van der Waals surface area contributed by atoms with Crippen molar-refractivity contribution in [1.82, 2.24) is 0 Å². The van der Waals surface area contributed by atoms with Gasteiger partial charge < -0.3 is 24.1 Å². The van der Waals surface area contributed by atoms with Crippen molar-refractivity contribution < 1.29 is 42.0 Å². The van der Waals surface area contributed by atoms with E-state index in [1.165, 1.54) is 38.5 Å². The number of carboxylic acid groups (broad SMARTS) is 1. The summed E-state index contributed by atoms with van der Waals surface area (Å²) in [6.45, 7) is 0.163. The van der Waals surface area contributed by atoms with Crippen molar-refractivity contribution in [2.24, 2.45) is 0 Å². The third kappa shape index (κ3) is 6.22. The highest BCUT2D eigenvalue weighted by molar-refractivity contribution is 5.89. The zero-order valence-corrected chi connectivity index (χ0v) is 18.3. The van der Waals surface area contributed by atoms with Gasteiger partial charge in [-0.3, -0.25) is 0 Å². The summed E-state index contributed by atoms with van der Waals surface area (Å²) >= 11 is 0. The number of benzene rings is 3. The average Bonchev–Trinajstić information content (AvgIpc) is 2.81. The van der Waals surface area contributed by atoms with Gasteiger partial charge in [-0.25, -0.2) is 4.79 Å². The molecule has 0 atom stereocenters. The third-order valence-electron chi connectivity index (χ3n) is 4.62. The van der Waals surface area contributed by atoms with Gasteiger partial charge in [-0.1, -0.05) is 24.3 Å². The lowest BCUT2D eigenvalue weighted by Gasteiger charge is -2.15. The van der Waals surface area contributed by atoms with Gasteiger partial charge in [0.15, 0.2) is 11.5 Å². The zero-order valence-electron chi connectivity index (χ0n) is 18.3. The Balaban J connectivity index is 1.68. The number of carboxylic acids is 1. The zero-order chi connectivity index (χ0) is 24.7. The maximum Gasteiger partial charge on any atom is 0.416 e. The van der Waals surface area contributed by atoms with Crippen LogP contribution in [-0.2, 0) is 6.18 Å². The van der Waals surface area contributed by atoms with E-state index in [0.29, 0.717) is 17.1 Å². The van der Waals surface area contributed by atoms with Gasteiger partial charge in [0, 0.05) is 6.07 Å². The monoisotopic (exact) mass is 474 g/mol. The van der Waals surface area contributed by atoms with Crippen molar-refractivity contribution in [3.8, 4) is 28.7 Å². The van der Waals surface area contributed by atoms with Crippen LogP contribution in [0.25, 0.3) is 6.08 Å². The minimum absolute atomic E-state index is 0.0338. The summed E-state index contributed by atoms with van der Waals surface area (Å²) in [4.78, 5) is 11.4. The molecule has 178 valence electrons. The van der Waals surface area contributed by atoms with Crippen LogP contribution in [0.4, 0.5) is 13.2 Å². The van der Waals surface area contributed by atoms with Crippen LogP contribution < -0.4 is 18.9 Å². The molecular weight excluding hydrogens is 453 g/mol. The topological polar surface area (TPSA) is 74.2 Å². The molecule has 6 nitrogen and oxygen atoms in total. The molecule has 0 bridgehead atoms. The summed E-state index contributed by atoms with van der Waals surface area (Å²) in [5.41, 5.74) is -0.137.